The summed E-state index contributed by atoms with van der Waals surface area (Å²) >= 11 is 0. The molecule has 1 aliphatic carbocycles. The minimum Gasteiger partial charge on any atom is -0.493 e. The molecular formula is C11H14FNO2. The Morgan fingerprint density at radius 3 is 2.40 bits per heavy atom. The fourth-order valence-corrected chi connectivity index (χ4v) is 1.68. The van der Waals surface area contributed by atoms with E-state index in [1.165, 1.54) is 14.2 Å². The van der Waals surface area contributed by atoms with Crippen molar-refractivity contribution < 1.29 is 13.9 Å². The lowest BCUT2D eigenvalue weighted by Gasteiger charge is -2.15. The highest BCUT2D eigenvalue weighted by molar-refractivity contribution is 5.47. The highest BCUT2D eigenvalue weighted by atomic mass is 19.1. The van der Waals surface area contributed by atoms with Crippen molar-refractivity contribution in [2.24, 2.45) is 5.73 Å². The molecular weight excluding hydrogens is 197 g/mol. The van der Waals surface area contributed by atoms with Crippen LogP contribution in [0.25, 0.3) is 0 Å². The van der Waals surface area contributed by atoms with E-state index in [-0.39, 0.29) is 5.75 Å². The lowest BCUT2D eigenvalue weighted by molar-refractivity contribution is 0.334. The van der Waals surface area contributed by atoms with Crippen LogP contribution >= 0.6 is 0 Å². The van der Waals surface area contributed by atoms with E-state index in [0.717, 1.165) is 12.8 Å². The van der Waals surface area contributed by atoms with E-state index < -0.39 is 11.4 Å². The third-order valence-electron chi connectivity index (χ3n) is 2.81. The highest BCUT2D eigenvalue weighted by Crippen LogP contribution is 2.46. The molecule has 1 aromatic rings. The van der Waals surface area contributed by atoms with Gasteiger partial charge in [-0.25, -0.2) is 4.39 Å². The number of ether oxygens (including phenoxy) is 2. The van der Waals surface area contributed by atoms with Gasteiger partial charge in [0, 0.05) is 11.1 Å². The number of hydrogen-bond donors (Lipinski definition) is 1. The smallest absolute Gasteiger partial charge is 0.197 e. The zero-order chi connectivity index (χ0) is 11.1. The van der Waals surface area contributed by atoms with Crippen molar-refractivity contribution in [2.75, 3.05) is 14.2 Å². The average Bonchev–Trinajstić information content (AvgIpc) is 2.96. The molecule has 0 atom stereocenters. The van der Waals surface area contributed by atoms with Crippen LogP contribution in [-0.4, -0.2) is 14.2 Å². The van der Waals surface area contributed by atoms with E-state index in [1.54, 1.807) is 12.1 Å². The van der Waals surface area contributed by atoms with Crippen LogP contribution < -0.4 is 15.2 Å². The van der Waals surface area contributed by atoms with Crippen LogP contribution in [0.1, 0.15) is 18.4 Å². The van der Waals surface area contributed by atoms with Crippen molar-refractivity contribution in [3.63, 3.8) is 0 Å². The second kappa shape index (κ2) is 3.38. The van der Waals surface area contributed by atoms with Crippen molar-refractivity contribution in [1.29, 1.82) is 0 Å². The summed E-state index contributed by atoms with van der Waals surface area (Å²) in [6, 6.07) is 3.36. The molecule has 0 radical (unpaired) electrons. The first-order chi connectivity index (χ1) is 7.12. The summed E-state index contributed by atoms with van der Waals surface area (Å²) in [6.07, 6.45) is 1.64. The van der Waals surface area contributed by atoms with Crippen LogP contribution in [-0.2, 0) is 5.54 Å². The van der Waals surface area contributed by atoms with E-state index in [9.17, 15) is 4.39 Å². The van der Waals surface area contributed by atoms with Gasteiger partial charge in [0.2, 0.25) is 0 Å². The van der Waals surface area contributed by atoms with Gasteiger partial charge in [0.1, 0.15) is 0 Å². The number of rotatable bonds is 3. The molecule has 0 aromatic heterocycles. The summed E-state index contributed by atoms with van der Waals surface area (Å²) in [4.78, 5) is 0. The topological polar surface area (TPSA) is 44.5 Å². The van der Waals surface area contributed by atoms with E-state index >= 15 is 0 Å². The van der Waals surface area contributed by atoms with Gasteiger partial charge < -0.3 is 15.2 Å². The molecule has 2 rings (SSSR count). The molecule has 1 aromatic carbocycles. The number of methoxy groups -OCH3 is 2. The van der Waals surface area contributed by atoms with Crippen LogP contribution in [0, 0.1) is 5.82 Å². The standard InChI is InChI=1S/C11H14FNO2/c1-14-8-4-3-7(11(13)5-6-11)9(12)10(8)15-2/h3-4H,5-6,13H2,1-2H3. The molecule has 0 spiro atoms. The van der Waals surface area contributed by atoms with Crippen LogP contribution in [0.3, 0.4) is 0 Å². The number of hydrogen-bond acceptors (Lipinski definition) is 3. The zero-order valence-electron chi connectivity index (χ0n) is 8.84. The molecule has 0 aliphatic heterocycles. The predicted octanol–water partition coefficient (Wildman–Crippen LogP) is 1.79. The van der Waals surface area contributed by atoms with E-state index in [0.29, 0.717) is 11.3 Å². The molecule has 1 aliphatic rings. The van der Waals surface area contributed by atoms with Crippen LogP contribution in [0.5, 0.6) is 11.5 Å². The van der Waals surface area contributed by atoms with Crippen molar-refractivity contribution in [2.45, 2.75) is 18.4 Å². The maximum absolute atomic E-state index is 14.0. The molecule has 15 heavy (non-hydrogen) atoms. The molecule has 1 fully saturated rings. The third-order valence-corrected chi connectivity index (χ3v) is 2.81. The number of benzene rings is 1. The lowest BCUT2D eigenvalue weighted by atomic mass is 10.0. The highest BCUT2D eigenvalue weighted by Gasteiger charge is 2.43. The Hall–Kier alpha value is -1.29. The van der Waals surface area contributed by atoms with Crippen molar-refractivity contribution in [3.8, 4) is 11.5 Å². The Labute approximate surface area is 88.0 Å². The van der Waals surface area contributed by atoms with Crippen LogP contribution in [0.15, 0.2) is 12.1 Å². The van der Waals surface area contributed by atoms with Gasteiger partial charge in [-0.15, -0.1) is 0 Å². The summed E-state index contributed by atoms with van der Waals surface area (Å²) in [5.41, 5.74) is 5.97. The molecule has 3 nitrogen and oxygen atoms in total. The Morgan fingerprint density at radius 1 is 1.27 bits per heavy atom. The number of nitrogens with two attached hydrogens (primary N) is 1. The van der Waals surface area contributed by atoms with E-state index in [2.05, 4.69) is 0 Å². The van der Waals surface area contributed by atoms with Gasteiger partial charge >= 0.3 is 0 Å². The fourth-order valence-electron chi connectivity index (χ4n) is 1.68. The largest absolute Gasteiger partial charge is 0.493 e. The minimum atomic E-state index is -0.496. The summed E-state index contributed by atoms with van der Waals surface area (Å²) in [5, 5.41) is 0. The summed E-state index contributed by atoms with van der Waals surface area (Å²) < 4.78 is 23.9. The monoisotopic (exact) mass is 211 g/mol. The number of halogens is 1. The molecule has 0 unspecified atom stereocenters. The molecule has 4 heteroatoms. The molecule has 1 saturated carbocycles. The van der Waals surface area contributed by atoms with Crippen LogP contribution in [0.4, 0.5) is 4.39 Å². The molecule has 2 N–H and O–H groups in total. The second-order valence-corrected chi connectivity index (χ2v) is 3.82. The van der Waals surface area contributed by atoms with Gasteiger partial charge in [-0.1, -0.05) is 6.07 Å². The molecule has 0 amide bonds. The Bertz CT molecular complexity index is 388. The maximum atomic E-state index is 14.0. The lowest BCUT2D eigenvalue weighted by Crippen LogP contribution is -2.20. The average molecular weight is 211 g/mol. The van der Waals surface area contributed by atoms with E-state index in [4.69, 9.17) is 15.2 Å². The van der Waals surface area contributed by atoms with Crippen LogP contribution in [0.2, 0.25) is 0 Å². The maximum Gasteiger partial charge on any atom is 0.197 e. The van der Waals surface area contributed by atoms with E-state index in [1.807, 2.05) is 0 Å². The second-order valence-electron chi connectivity index (χ2n) is 3.82. The molecule has 82 valence electrons. The zero-order valence-corrected chi connectivity index (χ0v) is 8.84. The summed E-state index contributed by atoms with van der Waals surface area (Å²) in [5.74, 6) is 0.117. The first-order valence-corrected chi connectivity index (χ1v) is 4.82. The van der Waals surface area contributed by atoms with Crippen molar-refractivity contribution in [1.82, 2.24) is 0 Å². The van der Waals surface area contributed by atoms with Gasteiger partial charge in [-0.3, -0.25) is 0 Å². The first-order valence-electron chi connectivity index (χ1n) is 4.82. The van der Waals surface area contributed by atoms with Crippen molar-refractivity contribution in [3.05, 3.63) is 23.5 Å². The SMILES string of the molecule is COc1ccc(C2(N)CC2)c(F)c1OC. The molecule has 0 saturated heterocycles. The van der Waals surface area contributed by atoms with Gasteiger partial charge in [0.15, 0.2) is 17.3 Å². The van der Waals surface area contributed by atoms with Gasteiger partial charge in [-0.2, -0.15) is 0 Å². The van der Waals surface area contributed by atoms with Gasteiger partial charge in [0.05, 0.1) is 14.2 Å². The Balaban J connectivity index is 2.51. The Morgan fingerprint density at radius 2 is 1.93 bits per heavy atom. The van der Waals surface area contributed by atoms with Crippen molar-refractivity contribution >= 4 is 0 Å². The normalized spacial score (nSPS) is 17.3. The molecule has 0 heterocycles. The molecule has 0 bridgehead atoms. The summed E-state index contributed by atoms with van der Waals surface area (Å²) in [7, 11) is 2.90. The quantitative estimate of drug-likeness (QED) is 0.829. The predicted molar refractivity (Wildman–Crippen MR) is 54.6 cm³/mol. The van der Waals surface area contributed by atoms with Gasteiger partial charge in [0.25, 0.3) is 0 Å². The van der Waals surface area contributed by atoms with Gasteiger partial charge in [-0.05, 0) is 18.9 Å². The Kier molecular flexibility index (Phi) is 2.31. The first kappa shape index (κ1) is 10.2. The summed E-state index contributed by atoms with van der Waals surface area (Å²) in [6.45, 7) is 0. The third kappa shape index (κ3) is 1.55. The minimum absolute atomic E-state index is 0.131. The fraction of sp³-hybridized carbons (Fsp3) is 0.455.